The first-order valence-corrected chi connectivity index (χ1v) is 7.20. The molecule has 0 saturated carbocycles. The second kappa shape index (κ2) is 4.36. The molecule has 0 aliphatic heterocycles. The summed E-state index contributed by atoms with van der Waals surface area (Å²) >= 11 is 0. The molecular formula is C15H9N9. The number of hydrogen-bond acceptors (Lipinski definition) is 6. The van der Waals surface area contributed by atoms with E-state index in [1.807, 2.05) is 39.3 Å². The van der Waals surface area contributed by atoms with Crippen molar-refractivity contribution >= 4 is 22.2 Å². The average Bonchev–Trinajstić information content (AvgIpc) is 3.32. The number of rotatable bonds is 1. The molecule has 4 aromatic heterocycles. The highest BCUT2D eigenvalue weighted by atomic mass is 15.4. The van der Waals surface area contributed by atoms with Gasteiger partial charge in [-0.15, -0.1) is 15.3 Å². The van der Waals surface area contributed by atoms with Gasteiger partial charge in [0.05, 0.1) is 17.4 Å². The molecule has 1 aromatic carbocycles. The van der Waals surface area contributed by atoms with Gasteiger partial charge in [0.1, 0.15) is 12.0 Å². The normalized spacial score (nSPS) is 11.5. The SMILES string of the molecule is Cc1c(-c2nnc3c4ccccc4n4cncc4n23)nnn1C#N. The van der Waals surface area contributed by atoms with Crippen molar-refractivity contribution < 1.29 is 0 Å². The first-order chi connectivity index (χ1) is 11.8. The molecule has 0 bridgehead atoms. The summed E-state index contributed by atoms with van der Waals surface area (Å²) in [5.41, 5.74) is 3.64. The van der Waals surface area contributed by atoms with Crippen molar-refractivity contribution in [1.82, 2.24) is 39.0 Å². The number of nitrogens with zero attached hydrogens (tertiary/aromatic N) is 9. The largest absolute Gasteiger partial charge is 0.284 e. The summed E-state index contributed by atoms with van der Waals surface area (Å²) in [4.78, 5) is 4.25. The van der Waals surface area contributed by atoms with E-state index in [1.54, 1.807) is 19.4 Å². The van der Waals surface area contributed by atoms with Crippen LogP contribution in [0.25, 0.3) is 33.7 Å². The van der Waals surface area contributed by atoms with Gasteiger partial charge in [0.15, 0.2) is 17.2 Å². The second-order valence-electron chi connectivity index (χ2n) is 5.36. The van der Waals surface area contributed by atoms with Gasteiger partial charge in [-0.05, 0) is 19.1 Å². The number of para-hydroxylation sites is 1. The van der Waals surface area contributed by atoms with Crippen LogP contribution in [0.5, 0.6) is 0 Å². The van der Waals surface area contributed by atoms with E-state index < -0.39 is 0 Å². The number of aromatic nitrogens is 8. The summed E-state index contributed by atoms with van der Waals surface area (Å²) in [5.74, 6) is 0.528. The van der Waals surface area contributed by atoms with Crippen molar-refractivity contribution in [1.29, 1.82) is 5.26 Å². The average molecular weight is 315 g/mol. The molecule has 0 unspecified atom stereocenters. The molecular weight excluding hydrogens is 306 g/mol. The summed E-state index contributed by atoms with van der Waals surface area (Å²) < 4.78 is 5.01. The molecule has 0 radical (unpaired) electrons. The summed E-state index contributed by atoms with van der Waals surface area (Å²) in [6.45, 7) is 1.77. The molecule has 0 saturated heterocycles. The fourth-order valence-electron chi connectivity index (χ4n) is 2.97. The zero-order valence-electron chi connectivity index (χ0n) is 12.5. The maximum Gasteiger partial charge on any atom is 0.208 e. The third-order valence-electron chi connectivity index (χ3n) is 4.12. The van der Waals surface area contributed by atoms with Gasteiger partial charge >= 0.3 is 0 Å². The Hall–Kier alpha value is -3.80. The number of nitriles is 1. The van der Waals surface area contributed by atoms with Crippen molar-refractivity contribution in [2.45, 2.75) is 6.92 Å². The van der Waals surface area contributed by atoms with Gasteiger partial charge in [-0.25, -0.2) is 4.98 Å². The third-order valence-corrected chi connectivity index (χ3v) is 4.12. The van der Waals surface area contributed by atoms with Gasteiger partial charge in [-0.3, -0.25) is 8.80 Å². The minimum absolute atomic E-state index is 0.516. The molecule has 0 N–H and O–H groups in total. The summed E-state index contributed by atoms with van der Waals surface area (Å²) in [7, 11) is 0. The lowest BCUT2D eigenvalue weighted by Gasteiger charge is -2.06. The number of hydrogen-bond donors (Lipinski definition) is 0. The van der Waals surface area contributed by atoms with Gasteiger partial charge in [0.2, 0.25) is 6.19 Å². The molecule has 0 fully saturated rings. The summed E-state index contributed by atoms with van der Waals surface area (Å²) in [6.07, 6.45) is 5.45. The van der Waals surface area contributed by atoms with Crippen LogP contribution < -0.4 is 0 Å². The fraction of sp³-hybridized carbons (Fsp3) is 0.0667. The third kappa shape index (κ3) is 1.44. The van der Waals surface area contributed by atoms with Crippen LogP contribution in [0.1, 0.15) is 5.69 Å². The minimum Gasteiger partial charge on any atom is -0.284 e. The lowest BCUT2D eigenvalue weighted by atomic mass is 10.2. The van der Waals surface area contributed by atoms with Crippen LogP contribution in [0.4, 0.5) is 0 Å². The van der Waals surface area contributed by atoms with Crippen LogP contribution in [0.3, 0.4) is 0 Å². The van der Waals surface area contributed by atoms with Gasteiger partial charge in [-0.2, -0.15) is 9.94 Å². The van der Waals surface area contributed by atoms with Crippen LogP contribution in [-0.4, -0.2) is 39.0 Å². The van der Waals surface area contributed by atoms with E-state index in [2.05, 4.69) is 25.5 Å². The van der Waals surface area contributed by atoms with Crippen LogP contribution in [0, 0.1) is 18.4 Å². The lowest BCUT2D eigenvalue weighted by molar-refractivity contribution is 0.798. The Balaban J connectivity index is 1.99. The topological polar surface area (TPSA) is 102 Å². The predicted octanol–water partition coefficient (Wildman–Crippen LogP) is 1.43. The minimum atomic E-state index is 0.516. The van der Waals surface area contributed by atoms with Crippen molar-refractivity contribution in [3.63, 3.8) is 0 Å². The molecule has 0 atom stereocenters. The molecule has 9 nitrogen and oxygen atoms in total. The second-order valence-corrected chi connectivity index (χ2v) is 5.36. The van der Waals surface area contributed by atoms with Crippen molar-refractivity contribution in [3.8, 4) is 17.7 Å². The highest BCUT2D eigenvalue weighted by Gasteiger charge is 2.20. The van der Waals surface area contributed by atoms with E-state index >= 15 is 0 Å². The Morgan fingerprint density at radius 1 is 1.12 bits per heavy atom. The zero-order valence-corrected chi connectivity index (χ0v) is 12.5. The van der Waals surface area contributed by atoms with E-state index in [9.17, 15) is 0 Å². The standard InChI is InChI=1S/C15H9N9/c1-9-13(18-21-23(9)7-16)15-20-19-14-10-4-2-3-5-11(10)22-8-17-6-12(22)24(14)15/h2-6,8H,1H3. The highest BCUT2D eigenvalue weighted by molar-refractivity contribution is 5.94. The Morgan fingerprint density at radius 3 is 2.83 bits per heavy atom. The molecule has 4 heterocycles. The number of imidazole rings is 1. The molecule has 0 spiro atoms. The molecule has 5 rings (SSSR count). The van der Waals surface area contributed by atoms with Crippen LogP contribution in [-0.2, 0) is 0 Å². The van der Waals surface area contributed by atoms with Crippen molar-refractivity contribution in [2.75, 3.05) is 0 Å². The van der Waals surface area contributed by atoms with Gasteiger partial charge < -0.3 is 0 Å². The Labute approximate surface area is 134 Å². The summed E-state index contributed by atoms with van der Waals surface area (Å²) in [5, 5.41) is 26.6. The van der Waals surface area contributed by atoms with E-state index in [4.69, 9.17) is 5.26 Å². The van der Waals surface area contributed by atoms with Crippen LogP contribution in [0.15, 0.2) is 36.8 Å². The number of benzene rings is 1. The van der Waals surface area contributed by atoms with Crippen molar-refractivity contribution in [2.24, 2.45) is 0 Å². The molecule has 9 heteroatoms. The number of fused-ring (bicyclic) bond motifs is 6. The summed E-state index contributed by atoms with van der Waals surface area (Å²) in [6, 6.07) is 7.92. The molecule has 0 aliphatic carbocycles. The smallest absolute Gasteiger partial charge is 0.208 e. The lowest BCUT2D eigenvalue weighted by Crippen LogP contribution is -1.99. The molecule has 24 heavy (non-hydrogen) atoms. The Kier molecular flexibility index (Phi) is 2.31. The highest BCUT2D eigenvalue weighted by Crippen LogP contribution is 2.27. The van der Waals surface area contributed by atoms with Gasteiger partial charge in [0, 0.05) is 5.39 Å². The predicted molar refractivity (Wildman–Crippen MR) is 84.0 cm³/mol. The van der Waals surface area contributed by atoms with Gasteiger partial charge in [-0.1, -0.05) is 17.3 Å². The Morgan fingerprint density at radius 2 is 2.00 bits per heavy atom. The van der Waals surface area contributed by atoms with E-state index in [0.29, 0.717) is 22.9 Å². The molecule has 5 aromatic rings. The molecule has 0 amide bonds. The molecule has 114 valence electrons. The first-order valence-electron chi connectivity index (χ1n) is 7.20. The van der Waals surface area contributed by atoms with E-state index in [-0.39, 0.29) is 0 Å². The first kappa shape index (κ1) is 12.7. The quantitative estimate of drug-likeness (QED) is 0.463. The van der Waals surface area contributed by atoms with Gasteiger partial charge in [0.25, 0.3) is 0 Å². The van der Waals surface area contributed by atoms with Crippen LogP contribution in [0.2, 0.25) is 0 Å². The van der Waals surface area contributed by atoms with E-state index in [0.717, 1.165) is 21.2 Å². The monoisotopic (exact) mass is 315 g/mol. The zero-order chi connectivity index (χ0) is 16.3. The fourth-order valence-corrected chi connectivity index (χ4v) is 2.97. The van der Waals surface area contributed by atoms with E-state index in [1.165, 1.54) is 0 Å². The van der Waals surface area contributed by atoms with Crippen molar-refractivity contribution in [3.05, 3.63) is 42.5 Å². The maximum atomic E-state index is 9.08. The Bertz CT molecular complexity index is 1280. The maximum absolute atomic E-state index is 9.08. The molecule has 0 aliphatic rings. The van der Waals surface area contributed by atoms with Crippen LogP contribution >= 0.6 is 0 Å².